The van der Waals surface area contributed by atoms with Crippen LogP contribution in [0.2, 0.25) is 0 Å². The number of carbonyl (C=O) groups is 2. The highest BCUT2D eigenvalue weighted by atomic mass is 16.6. The maximum absolute atomic E-state index is 13.3. The molecular formula is C22H25NO4. The molecule has 0 radical (unpaired) electrons. The summed E-state index contributed by atoms with van der Waals surface area (Å²) < 4.78 is 5.17. The van der Waals surface area contributed by atoms with E-state index in [1.165, 1.54) is 4.90 Å². The molecule has 1 heterocycles. The fourth-order valence-corrected chi connectivity index (χ4v) is 3.42. The van der Waals surface area contributed by atoms with Crippen molar-refractivity contribution in [2.45, 2.75) is 38.3 Å². The summed E-state index contributed by atoms with van der Waals surface area (Å²) in [6, 6.07) is 18.8. The minimum atomic E-state index is -1.27. The molecule has 2 aromatic carbocycles. The molecule has 0 aliphatic carbocycles. The first-order valence-electron chi connectivity index (χ1n) is 9.16. The number of carbonyl (C=O) groups excluding carboxylic acids is 2. The van der Waals surface area contributed by atoms with Crippen molar-refractivity contribution in [2.75, 3.05) is 6.61 Å². The van der Waals surface area contributed by atoms with E-state index in [2.05, 4.69) is 0 Å². The summed E-state index contributed by atoms with van der Waals surface area (Å²) in [4.78, 5) is 26.8. The Bertz CT molecular complexity index is 783. The molecule has 5 heteroatoms. The number of ether oxygens (including phenoxy) is 1. The summed E-state index contributed by atoms with van der Waals surface area (Å²) >= 11 is 0. The van der Waals surface area contributed by atoms with E-state index in [1.54, 1.807) is 13.8 Å². The largest absolute Gasteiger partial charge is 0.447 e. The van der Waals surface area contributed by atoms with E-state index in [-0.39, 0.29) is 12.6 Å². The highest BCUT2D eigenvalue weighted by Gasteiger charge is 2.44. The second-order valence-electron chi connectivity index (χ2n) is 7.52. The van der Waals surface area contributed by atoms with E-state index in [0.717, 1.165) is 11.1 Å². The SMILES string of the molecule is CC(C)(O)[C@@H](Cc1ccccc1)C(=O)N1C(=O)OC[C@H]1Cc1ccccc1. The van der Waals surface area contributed by atoms with Gasteiger partial charge in [-0.15, -0.1) is 0 Å². The van der Waals surface area contributed by atoms with Crippen molar-refractivity contribution in [1.82, 2.24) is 4.90 Å². The van der Waals surface area contributed by atoms with Crippen LogP contribution in [-0.4, -0.2) is 40.3 Å². The first-order chi connectivity index (χ1) is 12.9. The van der Waals surface area contributed by atoms with Crippen LogP contribution in [-0.2, 0) is 22.4 Å². The molecule has 2 amide bonds. The summed E-state index contributed by atoms with van der Waals surface area (Å²) in [6.07, 6.45) is 0.246. The number of cyclic esters (lactones) is 1. The van der Waals surface area contributed by atoms with Crippen LogP contribution in [0.1, 0.15) is 25.0 Å². The third-order valence-corrected chi connectivity index (χ3v) is 4.95. The van der Waals surface area contributed by atoms with Crippen molar-refractivity contribution in [1.29, 1.82) is 0 Å². The predicted octanol–water partition coefficient (Wildman–Crippen LogP) is 3.21. The lowest BCUT2D eigenvalue weighted by atomic mass is 9.84. The van der Waals surface area contributed by atoms with Gasteiger partial charge in [-0.3, -0.25) is 4.79 Å². The maximum Gasteiger partial charge on any atom is 0.416 e. The molecule has 3 rings (SSSR count). The fourth-order valence-electron chi connectivity index (χ4n) is 3.42. The molecule has 2 atom stereocenters. The Hall–Kier alpha value is -2.66. The molecule has 0 spiro atoms. The minimum absolute atomic E-state index is 0.170. The average molecular weight is 367 g/mol. The molecule has 2 aromatic rings. The topological polar surface area (TPSA) is 66.8 Å². The standard InChI is InChI=1S/C22H25NO4/c1-22(2,26)19(14-17-11-7-4-8-12-17)20(24)23-18(15-27-21(23)25)13-16-9-5-3-6-10-16/h3-12,18-19,26H,13-15H2,1-2H3/t18-,19+/m1/s1. The molecule has 1 fully saturated rings. The third-order valence-electron chi connectivity index (χ3n) is 4.95. The Morgan fingerprint density at radius 3 is 2.22 bits per heavy atom. The summed E-state index contributed by atoms with van der Waals surface area (Å²) in [5, 5.41) is 10.6. The fraction of sp³-hybridized carbons (Fsp3) is 0.364. The van der Waals surface area contributed by atoms with Gasteiger partial charge in [-0.05, 0) is 37.8 Å². The van der Waals surface area contributed by atoms with E-state index in [0.29, 0.717) is 12.8 Å². The van der Waals surface area contributed by atoms with Gasteiger partial charge in [-0.2, -0.15) is 0 Å². The van der Waals surface area contributed by atoms with E-state index in [1.807, 2.05) is 60.7 Å². The molecule has 1 N–H and O–H groups in total. The van der Waals surface area contributed by atoms with Crippen LogP contribution in [0, 0.1) is 5.92 Å². The second kappa shape index (κ2) is 7.92. The zero-order valence-electron chi connectivity index (χ0n) is 15.7. The highest BCUT2D eigenvalue weighted by Crippen LogP contribution is 2.28. The first kappa shape index (κ1) is 19.1. The lowest BCUT2D eigenvalue weighted by Crippen LogP contribution is -2.50. The summed E-state index contributed by atoms with van der Waals surface area (Å²) in [5.74, 6) is -1.14. The Balaban J connectivity index is 1.83. The molecule has 0 bridgehead atoms. The van der Waals surface area contributed by atoms with Crippen LogP contribution in [0.25, 0.3) is 0 Å². The number of imide groups is 1. The van der Waals surface area contributed by atoms with Crippen LogP contribution in [0.4, 0.5) is 4.79 Å². The minimum Gasteiger partial charge on any atom is -0.447 e. The molecular weight excluding hydrogens is 342 g/mol. The quantitative estimate of drug-likeness (QED) is 0.851. The van der Waals surface area contributed by atoms with Gasteiger partial charge in [0.25, 0.3) is 0 Å². The van der Waals surface area contributed by atoms with Crippen molar-refractivity contribution < 1.29 is 19.4 Å². The molecule has 0 saturated carbocycles. The van der Waals surface area contributed by atoms with Gasteiger partial charge in [0.2, 0.25) is 5.91 Å². The average Bonchev–Trinajstić information content (AvgIpc) is 3.00. The lowest BCUT2D eigenvalue weighted by Gasteiger charge is -2.32. The molecule has 1 saturated heterocycles. The molecule has 142 valence electrons. The Morgan fingerprint density at radius 2 is 1.67 bits per heavy atom. The molecule has 1 aliphatic heterocycles. The van der Waals surface area contributed by atoms with Crippen molar-refractivity contribution >= 4 is 12.0 Å². The number of nitrogens with zero attached hydrogens (tertiary/aromatic N) is 1. The zero-order valence-corrected chi connectivity index (χ0v) is 15.7. The Kier molecular flexibility index (Phi) is 5.61. The summed E-state index contributed by atoms with van der Waals surface area (Å²) in [5.41, 5.74) is 0.694. The van der Waals surface area contributed by atoms with Gasteiger partial charge in [0.05, 0.1) is 17.6 Å². The number of rotatable bonds is 6. The van der Waals surface area contributed by atoms with Crippen LogP contribution in [0.3, 0.4) is 0 Å². The summed E-state index contributed by atoms with van der Waals surface area (Å²) in [7, 11) is 0. The molecule has 0 unspecified atom stereocenters. The van der Waals surface area contributed by atoms with Crippen molar-refractivity contribution in [3.05, 3.63) is 71.8 Å². The molecule has 5 nitrogen and oxygen atoms in total. The van der Waals surface area contributed by atoms with E-state index < -0.39 is 23.5 Å². The van der Waals surface area contributed by atoms with Gasteiger partial charge in [-0.1, -0.05) is 60.7 Å². The Labute approximate surface area is 159 Å². The number of hydrogen-bond acceptors (Lipinski definition) is 4. The summed E-state index contributed by atoms with van der Waals surface area (Å²) in [6.45, 7) is 3.38. The van der Waals surface area contributed by atoms with Gasteiger partial charge in [0.1, 0.15) is 6.61 Å². The second-order valence-corrected chi connectivity index (χ2v) is 7.52. The Morgan fingerprint density at radius 1 is 1.11 bits per heavy atom. The van der Waals surface area contributed by atoms with Gasteiger partial charge in [-0.25, -0.2) is 9.69 Å². The molecule has 0 aromatic heterocycles. The van der Waals surface area contributed by atoms with Gasteiger partial charge >= 0.3 is 6.09 Å². The smallest absolute Gasteiger partial charge is 0.416 e. The predicted molar refractivity (Wildman–Crippen MR) is 102 cm³/mol. The van der Waals surface area contributed by atoms with E-state index in [4.69, 9.17) is 4.74 Å². The van der Waals surface area contributed by atoms with Gasteiger partial charge in [0.15, 0.2) is 0 Å². The van der Waals surface area contributed by atoms with Gasteiger partial charge < -0.3 is 9.84 Å². The maximum atomic E-state index is 13.3. The normalized spacial score (nSPS) is 18.3. The van der Waals surface area contributed by atoms with Gasteiger partial charge in [0, 0.05) is 0 Å². The van der Waals surface area contributed by atoms with Crippen molar-refractivity contribution in [2.24, 2.45) is 5.92 Å². The van der Waals surface area contributed by atoms with Crippen LogP contribution in [0.5, 0.6) is 0 Å². The van der Waals surface area contributed by atoms with Crippen LogP contribution < -0.4 is 0 Å². The number of amides is 2. The lowest BCUT2D eigenvalue weighted by molar-refractivity contribution is -0.141. The number of benzene rings is 2. The monoisotopic (exact) mass is 367 g/mol. The van der Waals surface area contributed by atoms with Crippen LogP contribution >= 0.6 is 0 Å². The molecule has 27 heavy (non-hydrogen) atoms. The zero-order chi connectivity index (χ0) is 19.4. The van der Waals surface area contributed by atoms with Crippen molar-refractivity contribution in [3.8, 4) is 0 Å². The number of aliphatic hydroxyl groups is 1. The molecule has 1 aliphatic rings. The van der Waals surface area contributed by atoms with Crippen LogP contribution in [0.15, 0.2) is 60.7 Å². The number of hydrogen-bond donors (Lipinski definition) is 1. The van der Waals surface area contributed by atoms with E-state index >= 15 is 0 Å². The highest BCUT2D eigenvalue weighted by molar-refractivity contribution is 5.95. The van der Waals surface area contributed by atoms with Crippen molar-refractivity contribution in [3.63, 3.8) is 0 Å². The van der Waals surface area contributed by atoms with E-state index in [9.17, 15) is 14.7 Å². The third kappa shape index (κ3) is 4.55. The first-order valence-corrected chi connectivity index (χ1v) is 9.16.